The zero-order chi connectivity index (χ0) is 5.61. The molecule has 2 heteroatoms. The van der Waals surface area contributed by atoms with Crippen molar-refractivity contribution in [2.45, 2.75) is 10.9 Å². The average molecular weight is 125 g/mol. The SMILES string of the molecule is SC12C=CC=CC1N2. The molecule has 0 aromatic carbocycles. The molecule has 8 heavy (non-hydrogen) atoms. The van der Waals surface area contributed by atoms with Crippen molar-refractivity contribution in [3.05, 3.63) is 24.3 Å². The number of hydrogen-bond acceptors (Lipinski definition) is 2. The molecule has 0 bridgehead atoms. The number of thiol groups is 1. The van der Waals surface area contributed by atoms with E-state index in [0.29, 0.717) is 6.04 Å². The quantitative estimate of drug-likeness (QED) is 0.361. The Morgan fingerprint density at radius 3 is 2.88 bits per heavy atom. The highest BCUT2D eigenvalue weighted by Gasteiger charge is 2.47. The van der Waals surface area contributed by atoms with E-state index in [-0.39, 0.29) is 4.87 Å². The molecular weight excluding hydrogens is 118 g/mol. The van der Waals surface area contributed by atoms with Gasteiger partial charge < -0.3 is 0 Å². The van der Waals surface area contributed by atoms with E-state index >= 15 is 0 Å². The van der Waals surface area contributed by atoms with Gasteiger partial charge in [-0.1, -0.05) is 24.3 Å². The van der Waals surface area contributed by atoms with Crippen LogP contribution in [0.25, 0.3) is 0 Å². The van der Waals surface area contributed by atoms with Gasteiger partial charge in [-0.05, 0) is 0 Å². The summed E-state index contributed by atoms with van der Waals surface area (Å²) in [6.07, 6.45) is 8.25. The molecule has 0 amide bonds. The van der Waals surface area contributed by atoms with Gasteiger partial charge in [0.15, 0.2) is 0 Å². The standard InChI is InChI=1S/C6H7NS/c8-6-4-2-1-3-5(6)7-6/h1-5,7-8H. The minimum Gasteiger partial charge on any atom is -0.289 e. The van der Waals surface area contributed by atoms with Crippen molar-refractivity contribution in [1.29, 1.82) is 0 Å². The summed E-state index contributed by atoms with van der Waals surface area (Å²) in [5.41, 5.74) is 0. The fourth-order valence-electron chi connectivity index (χ4n) is 0.932. The fourth-order valence-corrected chi connectivity index (χ4v) is 1.24. The molecule has 0 aromatic rings. The Kier molecular flexibility index (Phi) is 0.696. The molecule has 42 valence electrons. The number of allylic oxidation sites excluding steroid dienone is 2. The number of hydrogen-bond donors (Lipinski definition) is 2. The molecule has 0 spiro atoms. The van der Waals surface area contributed by atoms with Crippen LogP contribution in [0.5, 0.6) is 0 Å². The van der Waals surface area contributed by atoms with Crippen LogP contribution in [0.15, 0.2) is 24.3 Å². The van der Waals surface area contributed by atoms with Crippen LogP contribution < -0.4 is 5.32 Å². The largest absolute Gasteiger partial charge is 0.289 e. The molecule has 1 heterocycles. The lowest BCUT2D eigenvalue weighted by atomic mass is 10.2. The predicted molar refractivity (Wildman–Crippen MR) is 36.9 cm³/mol. The van der Waals surface area contributed by atoms with Crippen LogP contribution in [0.3, 0.4) is 0 Å². The highest BCUT2D eigenvalue weighted by atomic mass is 32.1. The van der Waals surface area contributed by atoms with E-state index in [1.807, 2.05) is 12.2 Å². The van der Waals surface area contributed by atoms with Crippen LogP contribution in [0.2, 0.25) is 0 Å². The van der Waals surface area contributed by atoms with Gasteiger partial charge in [0, 0.05) is 0 Å². The van der Waals surface area contributed by atoms with E-state index in [1.165, 1.54) is 0 Å². The lowest BCUT2D eigenvalue weighted by Crippen LogP contribution is -2.02. The lowest BCUT2D eigenvalue weighted by molar-refractivity contribution is 1.13. The second-order valence-corrected chi connectivity index (χ2v) is 2.93. The van der Waals surface area contributed by atoms with Crippen molar-refractivity contribution in [1.82, 2.24) is 5.32 Å². The fraction of sp³-hybridized carbons (Fsp3) is 0.333. The summed E-state index contributed by atoms with van der Waals surface area (Å²) in [7, 11) is 0. The van der Waals surface area contributed by atoms with Gasteiger partial charge >= 0.3 is 0 Å². The van der Waals surface area contributed by atoms with E-state index in [9.17, 15) is 0 Å². The minimum atomic E-state index is 0.0226. The molecule has 1 aliphatic carbocycles. The molecule has 1 N–H and O–H groups in total. The molecule has 1 saturated heterocycles. The summed E-state index contributed by atoms with van der Waals surface area (Å²) in [5.74, 6) is 0. The maximum absolute atomic E-state index is 4.34. The van der Waals surface area contributed by atoms with E-state index < -0.39 is 0 Å². The van der Waals surface area contributed by atoms with Gasteiger partial charge in [-0.25, -0.2) is 0 Å². The Hall–Kier alpha value is -0.210. The van der Waals surface area contributed by atoms with Crippen molar-refractivity contribution < 1.29 is 0 Å². The second-order valence-electron chi connectivity index (χ2n) is 2.19. The Bertz CT molecular complexity index is 173. The van der Waals surface area contributed by atoms with Crippen LogP contribution in [0.4, 0.5) is 0 Å². The van der Waals surface area contributed by atoms with E-state index in [2.05, 4.69) is 30.1 Å². The zero-order valence-corrected chi connectivity index (χ0v) is 5.23. The van der Waals surface area contributed by atoms with E-state index in [4.69, 9.17) is 0 Å². The van der Waals surface area contributed by atoms with Crippen molar-refractivity contribution in [2.75, 3.05) is 0 Å². The third-order valence-corrected chi connectivity index (χ3v) is 2.10. The first-order chi connectivity index (χ1) is 3.81. The highest BCUT2D eigenvalue weighted by molar-refractivity contribution is 7.82. The first-order valence-corrected chi connectivity index (χ1v) is 3.12. The molecule has 0 saturated carbocycles. The van der Waals surface area contributed by atoms with E-state index in [0.717, 1.165) is 0 Å². The topological polar surface area (TPSA) is 21.9 Å². The third kappa shape index (κ3) is 0.471. The number of rotatable bonds is 0. The maximum Gasteiger partial charge on any atom is 0.100 e. The number of fused-ring (bicyclic) bond motifs is 1. The molecule has 1 fully saturated rings. The van der Waals surface area contributed by atoms with Crippen LogP contribution in [-0.4, -0.2) is 10.9 Å². The monoisotopic (exact) mass is 125 g/mol. The van der Waals surface area contributed by atoms with Gasteiger partial charge in [-0.2, -0.15) is 12.6 Å². The molecule has 0 aromatic heterocycles. The molecule has 2 aliphatic rings. The second kappa shape index (κ2) is 1.20. The third-order valence-electron chi connectivity index (χ3n) is 1.54. The molecule has 1 nitrogen and oxygen atoms in total. The van der Waals surface area contributed by atoms with Crippen LogP contribution in [-0.2, 0) is 0 Å². The summed E-state index contributed by atoms with van der Waals surface area (Å²) in [5, 5.41) is 3.20. The lowest BCUT2D eigenvalue weighted by Gasteiger charge is -1.98. The summed E-state index contributed by atoms with van der Waals surface area (Å²) in [4.78, 5) is 0.0226. The Morgan fingerprint density at radius 1 is 1.50 bits per heavy atom. The van der Waals surface area contributed by atoms with Gasteiger partial charge in [0.2, 0.25) is 0 Å². The van der Waals surface area contributed by atoms with Gasteiger partial charge in [0.25, 0.3) is 0 Å². The molecule has 0 radical (unpaired) electrons. The summed E-state index contributed by atoms with van der Waals surface area (Å²) in [6, 6.07) is 0.496. The Labute approximate surface area is 53.9 Å². The molecule has 2 unspecified atom stereocenters. The first kappa shape index (κ1) is 4.65. The van der Waals surface area contributed by atoms with Crippen molar-refractivity contribution >= 4 is 12.6 Å². The molecule has 2 rings (SSSR count). The predicted octanol–water partition coefficient (Wildman–Crippen LogP) is 0.710. The van der Waals surface area contributed by atoms with Gasteiger partial charge in [0.05, 0.1) is 6.04 Å². The summed E-state index contributed by atoms with van der Waals surface area (Å²) < 4.78 is 0. The van der Waals surface area contributed by atoms with Gasteiger partial charge in [-0.15, -0.1) is 0 Å². The summed E-state index contributed by atoms with van der Waals surface area (Å²) in [6.45, 7) is 0. The highest BCUT2D eigenvalue weighted by Crippen LogP contribution is 2.35. The smallest absolute Gasteiger partial charge is 0.100 e. The van der Waals surface area contributed by atoms with Crippen molar-refractivity contribution in [3.63, 3.8) is 0 Å². The Balaban J connectivity index is 2.33. The normalized spacial score (nSPS) is 48.9. The van der Waals surface area contributed by atoms with E-state index in [1.54, 1.807) is 0 Å². The zero-order valence-electron chi connectivity index (χ0n) is 4.33. The molecule has 1 aliphatic heterocycles. The van der Waals surface area contributed by atoms with Gasteiger partial charge in [0.1, 0.15) is 4.87 Å². The Morgan fingerprint density at radius 2 is 2.38 bits per heavy atom. The molecular formula is C6H7NS. The van der Waals surface area contributed by atoms with Crippen LogP contribution >= 0.6 is 12.6 Å². The summed E-state index contributed by atoms with van der Waals surface area (Å²) >= 11 is 4.34. The molecule has 2 atom stereocenters. The minimum absolute atomic E-state index is 0.0226. The van der Waals surface area contributed by atoms with Crippen LogP contribution in [0.1, 0.15) is 0 Å². The number of nitrogens with one attached hydrogen (secondary N) is 1. The first-order valence-electron chi connectivity index (χ1n) is 2.67. The van der Waals surface area contributed by atoms with Gasteiger partial charge in [-0.3, -0.25) is 5.32 Å². The maximum atomic E-state index is 4.34. The van der Waals surface area contributed by atoms with Crippen LogP contribution in [0, 0.1) is 0 Å². The average Bonchev–Trinajstić information content (AvgIpc) is 2.39. The van der Waals surface area contributed by atoms with Crippen molar-refractivity contribution in [3.8, 4) is 0 Å². The van der Waals surface area contributed by atoms with Crippen molar-refractivity contribution in [2.24, 2.45) is 0 Å².